The predicted octanol–water partition coefficient (Wildman–Crippen LogP) is 3.13. The summed E-state index contributed by atoms with van der Waals surface area (Å²) in [4.78, 5) is 0. The molecule has 1 N–H and O–H groups in total. The van der Waals surface area contributed by atoms with E-state index in [0.717, 1.165) is 23.7 Å². The lowest BCUT2D eigenvalue weighted by atomic mass is 10.1. The lowest BCUT2D eigenvalue weighted by molar-refractivity contribution is 0.242. The number of benzene rings is 1. The van der Waals surface area contributed by atoms with E-state index in [9.17, 15) is 5.11 Å². The zero-order chi connectivity index (χ0) is 10.8. The zero-order valence-electron chi connectivity index (χ0n) is 9.36. The van der Waals surface area contributed by atoms with Gasteiger partial charge in [-0.1, -0.05) is 0 Å². The summed E-state index contributed by atoms with van der Waals surface area (Å²) < 4.78 is 5.60. The van der Waals surface area contributed by atoms with E-state index in [1.807, 2.05) is 26.0 Å². The molecule has 2 heteroatoms. The van der Waals surface area contributed by atoms with Crippen LogP contribution in [0.4, 0.5) is 0 Å². The first-order valence-electron chi connectivity index (χ1n) is 5.63. The van der Waals surface area contributed by atoms with E-state index in [-0.39, 0.29) is 6.10 Å². The highest BCUT2D eigenvalue weighted by molar-refractivity contribution is 5.39. The molecule has 0 saturated heterocycles. The van der Waals surface area contributed by atoms with Crippen LogP contribution >= 0.6 is 0 Å². The fourth-order valence-electron chi connectivity index (χ4n) is 1.70. The molecule has 2 nitrogen and oxygen atoms in total. The van der Waals surface area contributed by atoms with Crippen LogP contribution in [0.3, 0.4) is 0 Å². The first-order chi connectivity index (χ1) is 7.15. The molecule has 0 bridgehead atoms. The van der Waals surface area contributed by atoms with Gasteiger partial charge in [-0.15, -0.1) is 0 Å². The molecule has 0 spiro atoms. The Hall–Kier alpha value is -1.18. The molecule has 15 heavy (non-hydrogen) atoms. The second kappa shape index (κ2) is 4.13. The SMILES string of the molecule is CC(C)Oc1ccc(O)c(CC2CC2)c1. The zero-order valence-corrected chi connectivity index (χ0v) is 9.36. The quantitative estimate of drug-likeness (QED) is 0.820. The summed E-state index contributed by atoms with van der Waals surface area (Å²) in [5.41, 5.74) is 1.02. The second-order valence-corrected chi connectivity index (χ2v) is 4.60. The maximum Gasteiger partial charge on any atom is 0.120 e. The molecule has 1 aliphatic rings. The van der Waals surface area contributed by atoms with Gasteiger partial charge in [0.25, 0.3) is 0 Å². The Bertz CT molecular complexity index is 340. The Labute approximate surface area is 90.9 Å². The van der Waals surface area contributed by atoms with Gasteiger partial charge in [-0.3, -0.25) is 0 Å². The molecule has 0 amide bonds. The molecular formula is C13H18O2. The summed E-state index contributed by atoms with van der Waals surface area (Å²) in [7, 11) is 0. The average Bonchev–Trinajstić information content (AvgIpc) is 2.94. The normalized spacial score (nSPS) is 15.7. The third kappa shape index (κ3) is 2.88. The van der Waals surface area contributed by atoms with Crippen molar-refractivity contribution in [3.05, 3.63) is 23.8 Å². The lowest BCUT2D eigenvalue weighted by Gasteiger charge is -2.11. The van der Waals surface area contributed by atoms with Gasteiger partial charge in [0.1, 0.15) is 11.5 Å². The van der Waals surface area contributed by atoms with Crippen LogP contribution in [0.1, 0.15) is 32.3 Å². The number of hydrogen-bond donors (Lipinski definition) is 1. The van der Waals surface area contributed by atoms with E-state index in [4.69, 9.17) is 4.74 Å². The highest BCUT2D eigenvalue weighted by Gasteiger charge is 2.23. The maximum absolute atomic E-state index is 9.69. The summed E-state index contributed by atoms with van der Waals surface area (Å²) in [5.74, 6) is 2.04. The van der Waals surface area contributed by atoms with Crippen LogP contribution in [-0.2, 0) is 6.42 Å². The molecule has 0 radical (unpaired) electrons. The summed E-state index contributed by atoms with van der Waals surface area (Å²) >= 11 is 0. The van der Waals surface area contributed by atoms with Crippen molar-refractivity contribution in [1.82, 2.24) is 0 Å². The van der Waals surface area contributed by atoms with Crippen LogP contribution in [0.2, 0.25) is 0 Å². The van der Waals surface area contributed by atoms with Gasteiger partial charge in [-0.2, -0.15) is 0 Å². The average molecular weight is 206 g/mol. The molecule has 0 aromatic heterocycles. The summed E-state index contributed by atoms with van der Waals surface area (Å²) in [6.45, 7) is 4.01. The molecular weight excluding hydrogens is 188 g/mol. The molecule has 0 unspecified atom stereocenters. The van der Waals surface area contributed by atoms with Gasteiger partial charge >= 0.3 is 0 Å². The molecule has 82 valence electrons. The Morgan fingerprint density at radius 2 is 2.13 bits per heavy atom. The van der Waals surface area contributed by atoms with E-state index in [1.165, 1.54) is 12.8 Å². The number of rotatable bonds is 4. The van der Waals surface area contributed by atoms with Crippen LogP contribution in [0.5, 0.6) is 11.5 Å². The lowest BCUT2D eigenvalue weighted by Crippen LogP contribution is -2.05. The van der Waals surface area contributed by atoms with Gasteiger partial charge in [0, 0.05) is 0 Å². The Morgan fingerprint density at radius 3 is 2.73 bits per heavy atom. The van der Waals surface area contributed by atoms with Crippen molar-refractivity contribution in [3.8, 4) is 11.5 Å². The molecule has 0 atom stereocenters. The highest BCUT2D eigenvalue weighted by atomic mass is 16.5. The number of aromatic hydroxyl groups is 1. The number of ether oxygens (including phenoxy) is 1. The maximum atomic E-state index is 9.69. The Morgan fingerprint density at radius 1 is 1.40 bits per heavy atom. The van der Waals surface area contributed by atoms with Crippen molar-refractivity contribution in [1.29, 1.82) is 0 Å². The third-order valence-electron chi connectivity index (χ3n) is 2.63. The summed E-state index contributed by atoms with van der Waals surface area (Å²) in [6.07, 6.45) is 3.77. The number of phenolic OH excluding ortho intramolecular Hbond substituents is 1. The Balaban J connectivity index is 2.12. The minimum Gasteiger partial charge on any atom is -0.508 e. The molecule has 1 aromatic rings. The van der Waals surface area contributed by atoms with Crippen LogP contribution in [0.25, 0.3) is 0 Å². The van der Waals surface area contributed by atoms with Gasteiger partial charge in [0.15, 0.2) is 0 Å². The molecule has 1 fully saturated rings. The van der Waals surface area contributed by atoms with Crippen LogP contribution < -0.4 is 4.74 Å². The molecule has 2 rings (SSSR count). The topological polar surface area (TPSA) is 29.5 Å². The van der Waals surface area contributed by atoms with E-state index >= 15 is 0 Å². The first kappa shape index (κ1) is 10.3. The fraction of sp³-hybridized carbons (Fsp3) is 0.538. The van der Waals surface area contributed by atoms with E-state index in [2.05, 4.69) is 0 Å². The molecule has 1 saturated carbocycles. The standard InChI is InChI=1S/C13H18O2/c1-9(2)15-12-5-6-13(14)11(8-12)7-10-3-4-10/h5-6,8-10,14H,3-4,7H2,1-2H3. The summed E-state index contributed by atoms with van der Waals surface area (Å²) in [6, 6.07) is 5.52. The third-order valence-corrected chi connectivity index (χ3v) is 2.63. The van der Waals surface area contributed by atoms with E-state index < -0.39 is 0 Å². The summed E-state index contributed by atoms with van der Waals surface area (Å²) in [5, 5.41) is 9.69. The van der Waals surface area contributed by atoms with Crippen molar-refractivity contribution >= 4 is 0 Å². The Kier molecular flexibility index (Phi) is 2.85. The van der Waals surface area contributed by atoms with Crippen molar-refractivity contribution in [2.45, 2.75) is 39.2 Å². The van der Waals surface area contributed by atoms with Crippen LogP contribution in [-0.4, -0.2) is 11.2 Å². The fourth-order valence-corrected chi connectivity index (χ4v) is 1.70. The van der Waals surface area contributed by atoms with Crippen molar-refractivity contribution in [2.75, 3.05) is 0 Å². The molecule has 0 aliphatic heterocycles. The largest absolute Gasteiger partial charge is 0.508 e. The first-order valence-corrected chi connectivity index (χ1v) is 5.63. The molecule has 1 aliphatic carbocycles. The van der Waals surface area contributed by atoms with Crippen molar-refractivity contribution < 1.29 is 9.84 Å². The predicted molar refractivity (Wildman–Crippen MR) is 60.3 cm³/mol. The van der Waals surface area contributed by atoms with Gasteiger partial charge in [-0.25, -0.2) is 0 Å². The monoisotopic (exact) mass is 206 g/mol. The highest BCUT2D eigenvalue weighted by Crippen LogP contribution is 2.36. The second-order valence-electron chi connectivity index (χ2n) is 4.60. The number of phenols is 1. The van der Waals surface area contributed by atoms with Gasteiger partial charge in [0.2, 0.25) is 0 Å². The van der Waals surface area contributed by atoms with Crippen LogP contribution in [0, 0.1) is 5.92 Å². The number of hydrogen-bond acceptors (Lipinski definition) is 2. The van der Waals surface area contributed by atoms with Gasteiger partial charge in [0.05, 0.1) is 6.10 Å². The van der Waals surface area contributed by atoms with Gasteiger partial charge in [-0.05, 0) is 62.8 Å². The van der Waals surface area contributed by atoms with Crippen molar-refractivity contribution in [3.63, 3.8) is 0 Å². The smallest absolute Gasteiger partial charge is 0.120 e. The van der Waals surface area contributed by atoms with Crippen LogP contribution in [0.15, 0.2) is 18.2 Å². The molecule has 1 aromatic carbocycles. The minimum absolute atomic E-state index is 0.184. The van der Waals surface area contributed by atoms with Crippen molar-refractivity contribution in [2.24, 2.45) is 5.92 Å². The van der Waals surface area contributed by atoms with E-state index in [1.54, 1.807) is 6.07 Å². The molecule has 0 heterocycles. The van der Waals surface area contributed by atoms with E-state index in [0.29, 0.717) is 5.75 Å². The minimum atomic E-state index is 0.184. The van der Waals surface area contributed by atoms with Gasteiger partial charge < -0.3 is 9.84 Å².